The third-order valence-electron chi connectivity index (χ3n) is 3.76. The van der Waals surface area contributed by atoms with Crippen LogP contribution in [0.25, 0.3) is 0 Å². The second-order valence-electron chi connectivity index (χ2n) is 5.38. The first-order valence-electron chi connectivity index (χ1n) is 7.71. The van der Waals surface area contributed by atoms with Gasteiger partial charge in [-0.2, -0.15) is 0 Å². The van der Waals surface area contributed by atoms with Crippen LogP contribution in [0.15, 0.2) is 48.5 Å². The first kappa shape index (κ1) is 16.3. The zero-order valence-corrected chi connectivity index (χ0v) is 13.9. The van der Waals surface area contributed by atoms with Crippen molar-refractivity contribution in [3.8, 4) is 5.75 Å². The number of amides is 2. The van der Waals surface area contributed by atoms with Crippen molar-refractivity contribution in [2.24, 2.45) is 0 Å². The average molecular weight is 345 g/mol. The molecule has 3 rings (SSSR count). The molecule has 1 heterocycles. The van der Waals surface area contributed by atoms with Gasteiger partial charge in [-0.15, -0.1) is 0 Å². The highest BCUT2D eigenvalue weighted by Crippen LogP contribution is 2.28. The van der Waals surface area contributed by atoms with Gasteiger partial charge in [0.15, 0.2) is 0 Å². The highest BCUT2D eigenvalue weighted by Gasteiger charge is 2.39. The highest BCUT2D eigenvalue weighted by atomic mass is 35.5. The van der Waals surface area contributed by atoms with Gasteiger partial charge < -0.3 is 10.1 Å². The first-order valence-corrected chi connectivity index (χ1v) is 8.08. The summed E-state index contributed by atoms with van der Waals surface area (Å²) < 4.78 is 5.38. The van der Waals surface area contributed by atoms with Gasteiger partial charge in [-0.05, 0) is 43.3 Å². The second kappa shape index (κ2) is 6.93. The van der Waals surface area contributed by atoms with E-state index in [1.54, 1.807) is 42.5 Å². The summed E-state index contributed by atoms with van der Waals surface area (Å²) in [6.45, 7) is 2.46. The van der Waals surface area contributed by atoms with Crippen LogP contribution in [0.1, 0.15) is 13.3 Å². The van der Waals surface area contributed by atoms with E-state index in [2.05, 4.69) is 5.32 Å². The van der Waals surface area contributed by atoms with Gasteiger partial charge in [0, 0.05) is 0 Å². The van der Waals surface area contributed by atoms with Gasteiger partial charge in [0.2, 0.25) is 5.91 Å². The van der Waals surface area contributed by atoms with E-state index in [0.717, 1.165) is 0 Å². The number of carbonyl (C=O) groups excluding carboxylic acids is 2. The van der Waals surface area contributed by atoms with Crippen LogP contribution in [0.5, 0.6) is 5.75 Å². The molecule has 1 fully saturated rings. The van der Waals surface area contributed by atoms with Crippen LogP contribution in [0.2, 0.25) is 5.02 Å². The normalized spacial score (nSPS) is 17.2. The number of ether oxygens (including phenoxy) is 1. The third-order valence-corrected chi connectivity index (χ3v) is 4.09. The Morgan fingerprint density at radius 3 is 2.54 bits per heavy atom. The molecule has 24 heavy (non-hydrogen) atoms. The first-order chi connectivity index (χ1) is 11.6. The van der Waals surface area contributed by atoms with E-state index < -0.39 is 6.04 Å². The molecule has 0 spiro atoms. The van der Waals surface area contributed by atoms with Crippen LogP contribution < -0.4 is 15.0 Å². The zero-order valence-electron chi connectivity index (χ0n) is 13.2. The van der Waals surface area contributed by atoms with Gasteiger partial charge in [0.25, 0.3) is 5.91 Å². The summed E-state index contributed by atoms with van der Waals surface area (Å²) in [6, 6.07) is 13.4. The summed E-state index contributed by atoms with van der Waals surface area (Å²) in [5.41, 5.74) is 1.18. The Morgan fingerprint density at radius 1 is 1.17 bits per heavy atom. The molecular weight excluding hydrogens is 328 g/mol. The molecule has 0 saturated carbocycles. The Bertz CT molecular complexity index is 761. The summed E-state index contributed by atoms with van der Waals surface area (Å²) in [5, 5.41) is 3.56. The summed E-state index contributed by atoms with van der Waals surface area (Å²) in [5.74, 6) is 0.170. The van der Waals surface area contributed by atoms with E-state index in [9.17, 15) is 9.59 Å². The van der Waals surface area contributed by atoms with E-state index >= 15 is 0 Å². The lowest BCUT2D eigenvalue weighted by molar-refractivity contribution is -0.121. The smallest absolute Gasteiger partial charge is 0.256 e. The van der Waals surface area contributed by atoms with Crippen molar-refractivity contribution in [1.29, 1.82) is 0 Å². The monoisotopic (exact) mass is 344 g/mol. The van der Waals surface area contributed by atoms with Gasteiger partial charge in [-0.3, -0.25) is 9.59 Å². The van der Waals surface area contributed by atoms with Gasteiger partial charge in [0.1, 0.15) is 11.8 Å². The molecule has 1 aliphatic rings. The number of hydrogen-bond acceptors (Lipinski definition) is 4. The van der Waals surface area contributed by atoms with E-state index in [4.69, 9.17) is 16.3 Å². The van der Waals surface area contributed by atoms with Gasteiger partial charge in [-0.25, -0.2) is 4.90 Å². The fraction of sp³-hybridized carbons (Fsp3) is 0.222. The Kier molecular flexibility index (Phi) is 4.71. The molecule has 1 N–H and O–H groups in total. The quantitative estimate of drug-likeness (QED) is 0.844. The van der Waals surface area contributed by atoms with Crippen LogP contribution >= 0.6 is 11.6 Å². The van der Waals surface area contributed by atoms with Crippen molar-refractivity contribution >= 4 is 34.8 Å². The number of nitrogens with zero attached hydrogens (tertiary/aromatic N) is 1. The molecule has 0 radical (unpaired) electrons. The lowest BCUT2D eigenvalue weighted by Gasteiger charge is -2.17. The molecule has 124 valence electrons. The maximum atomic E-state index is 12.6. The number of nitrogens with one attached hydrogen (secondary N) is 1. The van der Waals surface area contributed by atoms with Crippen molar-refractivity contribution in [3.63, 3.8) is 0 Å². The molecule has 2 aromatic carbocycles. The molecule has 1 saturated heterocycles. The average Bonchev–Trinajstić information content (AvgIpc) is 2.85. The lowest BCUT2D eigenvalue weighted by Crippen LogP contribution is -2.34. The Morgan fingerprint density at radius 2 is 1.88 bits per heavy atom. The lowest BCUT2D eigenvalue weighted by atomic mass is 10.2. The molecule has 0 bridgehead atoms. The molecule has 2 aromatic rings. The van der Waals surface area contributed by atoms with E-state index in [0.29, 0.717) is 28.8 Å². The predicted molar refractivity (Wildman–Crippen MR) is 93.6 cm³/mol. The van der Waals surface area contributed by atoms with Crippen molar-refractivity contribution in [2.75, 3.05) is 16.8 Å². The number of rotatable bonds is 5. The minimum atomic E-state index is -0.621. The van der Waals surface area contributed by atoms with E-state index in [-0.39, 0.29) is 18.2 Å². The maximum absolute atomic E-state index is 12.6. The predicted octanol–water partition coefficient (Wildman–Crippen LogP) is 3.48. The van der Waals surface area contributed by atoms with Crippen LogP contribution in [0.4, 0.5) is 11.4 Å². The fourth-order valence-corrected chi connectivity index (χ4v) is 2.83. The summed E-state index contributed by atoms with van der Waals surface area (Å²) in [4.78, 5) is 26.1. The largest absolute Gasteiger partial charge is 0.494 e. The van der Waals surface area contributed by atoms with Crippen LogP contribution in [-0.2, 0) is 9.59 Å². The minimum Gasteiger partial charge on any atom is -0.494 e. The number of para-hydroxylation sites is 1. The van der Waals surface area contributed by atoms with Gasteiger partial charge >= 0.3 is 0 Å². The van der Waals surface area contributed by atoms with Crippen LogP contribution in [0.3, 0.4) is 0 Å². The molecule has 0 aliphatic carbocycles. The van der Waals surface area contributed by atoms with Crippen molar-refractivity contribution in [2.45, 2.75) is 19.4 Å². The Labute approximate surface area is 145 Å². The molecular formula is C18H17ClN2O3. The number of carbonyl (C=O) groups is 2. The third kappa shape index (κ3) is 3.21. The summed E-state index contributed by atoms with van der Waals surface area (Å²) >= 11 is 6.10. The van der Waals surface area contributed by atoms with Crippen molar-refractivity contribution in [3.05, 3.63) is 53.6 Å². The van der Waals surface area contributed by atoms with Crippen LogP contribution in [-0.4, -0.2) is 24.5 Å². The highest BCUT2D eigenvalue weighted by molar-refractivity contribution is 6.33. The minimum absolute atomic E-state index is 0.0945. The van der Waals surface area contributed by atoms with E-state index in [1.165, 1.54) is 4.90 Å². The molecule has 1 aliphatic heterocycles. The molecule has 6 heteroatoms. The maximum Gasteiger partial charge on any atom is 0.256 e. The molecule has 1 atom stereocenters. The van der Waals surface area contributed by atoms with Gasteiger partial charge in [0.05, 0.1) is 29.4 Å². The zero-order chi connectivity index (χ0) is 17.1. The fourth-order valence-electron chi connectivity index (χ4n) is 2.64. The van der Waals surface area contributed by atoms with Gasteiger partial charge in [-0.1, -0.05) is 23.7 Å². The molecule has 2 amide bonds. The summed E-state index contributed by atoms with van der Waals surface area (Å²) in [6.07, 6.45) is 0.0945. The topological polar surface area (TPSA) is 58.6 Å². The summed E-state index contributed by atoms with van der Waals surface area (Å²) in [7, 11) is 0. The number of anilines is 2. The Hall–Kier alpha value is -2.53. The van der Waals surface area contributed by atoms with E-state index in [1.807, 2.05) is 13.0 Å². The Balaban J connectivity index is 1.77. The molecule has 0 unspecified atom stereocenters. The van der Waals surface area contributed by atoms with Crippen molar-refractivity contribution in [1.82, 2.24) is 0 Å². The molecule has 5 nitrogen and oxygen atoms in total. The number of halogens is 1. The van der Waals surface area contributed by atoms with Crippen LogP contribution in [0, 0.1) is 0 Å². The van der Waals surface area contributed by atoms with Crippen molar-refractivity contribution < 1.29 is 14.3 Å². The molecule has 0 aromatic heterocycles. The number of imide groups is 1. The number of hydrogen-bond donors (Lipinski definition) is 1. The standard InChI is InChI=1S/C18H17ClN2O3/c1-2-24-13-9-7-12(8-10-13)21-17(22)11-16(18(21)23)20-15-6-4-3-5-14(15)19/h3-10,16,20H,2,11H2,1H3/t16-/m1/s1. The second-order valence-corrected chi connectivity index (χ2v) is 5.78. The number of benzene rings is 2. The SMILES string of the molecule is CCOc1ccc(N2C(=O)C[C@@H](Nc3ccccc3Cl)C2=O)cc1.